The lowest BCUT2D eigenvalue weighted by Crippen LogP contribution is -2.51. The topological polar surface area (TPSA) is 149 Å². The van der Waals surface area contributed by atoms with E-state index in [1.165, 1.54) is 97.1 Å². The Kier molecular flexibility index (Phi) is 9.95. The number of nitro groups is 1. The Morgan fingerprint density at radius 2 is 0.708 bits per heavy atom. The molecule has 0 unspecified atom stereocenters. The summed E-state index contributed by atoms with van der Waals surface area (Å²) in [7, 11) is 0. The van der Waals surface area contributed by atoms with Crippen LogP contribution in [0.3, 0.4) is 0 Å². The number of anilines is 1. The van der Waals surface area contributed by atoms with Gasteiger partial charge in [-0.2, -0.15) is 0 Å². The summed E-state index contributed by atoms with van der Waals surface area (Å²) >= 11 is 0. The first-order valence-electron chi connectivity index (χ1n) is 14.7. The first kappa shape index (κ1) is 32.7. The molecule has 0 N–H and O–H groups in total. The van der Waals surface area contributed by atoms with Gasteiger partial charge in [0.15, 0.2) is 35.0 Å². The molecule has 10 nitrogen and oxygen atoms in total. The molecule has 10 heteroatoms. The number of hydrogen-bond donors (Lipinski definition) is 0. The number of carbonyl (C=O) groups is 6. The molecule has 0 heterocycles. The number of carbonyl (C=O) groups excluding carboxylic acids is 6. The number of imide groups is 1. The van der Waals surface area contributed by atoms with Gasteiger partial charge in [-0.1, -0.05) is 121 Å². The lowest BCUT2D eigenvalue weighted by Gasteiger charge is -2.28. The van der Waals surface area contributed by atoms with E-state index >= 15 is 0 Å². The number of nitro benzene ring substituents is 1. The van der Waals surface area contributed by atoms with Crippen molar-refractivity contribution in [1.29, 1.82) is 0 Å². The highest BCUT2D eigenvalue weighted by molar-refractivity contribution is 6.39. The van der Waals surface area contributed by atoms with E-state index in [0.29, 0.717) is 4.90 Å². The molecule has 5 aromatic carbocycles. The molecule has 0 bridgehead atoms. The van der Waals surface area contributed by atoms with Crippen molar-refractivity contribution in [2.24, 2.45) is 11.8 Å². The zero-order valence-corrected chi connectivity index (χ0v) is 25.2. The highest BCUT2D eigenvalue weighted by Gasteiger charge is 2.46. The lowest BCUT2D eigenvalue weighted by molar-refractivity contribution is -0.384. The maximum atomic E-state index is 14.7. The molecule has 5 rings (SSSR count). The summed E-state index contributed by atoms with van der Waals surface area (Å²) in [5.74, 6) is -10.7. The van der Waals surface area contributed by atoms with Crippen LogP contribution in [0.5, 0.6) is 0 Å². The van der Waals surface area contributed by atoms with Gasteiger partial charge >= 0.3 is 0 Å². The molecule has 0 saturated heterocycles. The highest BCUT2D eigenvalue weighted by atomic mass is 16.6. The molecule has 0 aliphatic carbocycles. The molecule has 0 aromatic heterocycles. The fraction of sp³-hybridized carbons (Fsp3) is 0.0526. The number of rotatable bonds is 12. The van der Waals surface area contributed by atoms with Gasteiger partial charge in [-0.05, 0) is 12.1 Å². The number of ketones is 4. The Labute approximate surface area is 274 Å². The van der Waals surface area contributed by atoms with E-state index in [4.69, 9.17) is 0 Å². The average Bonchev–Trinajstić information content (AvgIpc) is 3.13. The molecular formula is C38H26N2O8. The van der Waals surface area contributed by atoms with Crippen LogP contribution in [0.4, 0.5) is 11.4 Å². The Morgan fingerprint density at radius 1 is 0.438 bits per heavy atom. The molecule has 0 saturated carbocycles. The summed E-state index contributed by atoms with van der Waals surface area (Å²) in [6.07, 6.45) is 0. The van der Waals surface area contributed by atoms with E-state index in [9.17, 15) is 38.9 Å². The van der Waals surface area contributed by atoms with Gasteiger partial charge in [-0.25, -0.2) is 4.90 Å². The molecule has 0 spiro atoms. The van der Waals surface area contributed by atoms with Crippen LogP contribution in [0.15, 0.2) is 146 Å². The maximum absolute atomic E-state index is 14.7. The second-order valence-electron chi connectivity index (χ2n) is 10.6. The van der Waals surface area contributed by atoms with Crippen molar-refractivity contribution in [2.75, 3.05) is 4.90 Å². The summed E-state index contributed by atoms with van der Waals surface area (Å²) in [6.45, 7) is 0. The van der Waals surface area contributed by atoms with E-state index in [2.05, 4.69) is 0 Å². The second kappa shape index (κ2) is 14.6. The number of hydrogen-bond acceptors (Lipinski definition) is 8. The number of Topliss-reactive ketones (excluding diaryl/α,β-unsaturated/α-hetero) is 4. The van der Waals surface area contributed by atoms with Crippen LogP contribution in [0.25, 0.3) is 0 Å². The summed E-state index contributed by atoms with van der Waals surface area (Å²) in [5, 5.41) is 11.4. The van der Waals surface area contributed by atoms with Crippen molar-refractivity contribution in [3.63, 3.8) is 0 Å². The van der Waals surface area contributed by atoms with Gasteiger partial charge in [0.2, 0.25) is 0 Å². The molecule has 0 fully saturated rings. The second-order valence-corrected chi connectivity index (χ2v) is 10.6. The molecular weight excluding hydrogens is 612 g/mol. The Bertz CT molecular complexity index is 1770. The van der Waals surface area contributed by atoms with Crippen molar-refractivity contribution >= 4 is 46.3 Å². The monoisotopic (exact) mass is 638 g/mol. The number of non-ortho nitro benzene ring substituents is 1. The maximum Gasteiger partial charge on any atom is 0.269 e. The van der Waals surface area contributed by atoms with Crippen LogP contribution in [-0.2, 0) is 9.59 Å². The van der Waals surface area contributed by atoms with Gasteiger partial charge in [-0.3, -0.25) is 38.9 Å². The zero-order valence-electron chi connectivity index (χ0n) is 25.2. The third kappa shape index (κ3) is 6.92. The van der Waals surface area contributed by atoms with Crippen molar-refractivity contribution in [3.8, 4) is 0 Å². The fourth-order valence-electron chi connectivity index (χ4n) is 5.11. The predicted octanol–water partition coefficient (Wildman–Crippen LogP) is 6.22. The SMILES string of the molecule is O=C(c1ccccc1)C(C(=O)c1ccccc1)C(=O)N(C(=O)C(C(=O)c1ccccc1)C(=O)c1ccccc1)c1ccc([N+](=O)[O-])cc1. The Hall–Kier alpha value is -6.68. The molecule has 236 valence electrons. The summed E-state index contributed by atoms with van der Waals surface area (Å²) in [6, 6.07) is 34.2. The number of amides is 2. The largest absolute Gasteiger partial charge is 0.293 e. The van der Waals surface area contributed by atoms with Crippen LogP contribution < -0.4 is 4.90 Å². The van der Waals surface area contributed by atoms with E-state index < -0.39 is 51.7 Å². The highest BCUT2D eigenvalue weighted by Crippen LogP contribution is 2.28. The smallest absolute Gasteiger partial charge is 0.269 e. The average molecular weight is 639 g/mol. The van der Waals surface area contributed by atoms with Crippen LogP contribution >= 0.6 is 0 Å². The third-order valence-electron chi connectivity index (χ3n) is 7.54. The standard InChI is InChI=1S/C38H26N2O8/c41-33(25-13-5-1-6-14-25)31(34(42)26-15-7-2-8-16-26)37(45)39(29-21-23-30(24-22-29)40(47)48)38(46)32(35(43)27-17-9-3-10-18-27)36(44)28-19-11-4-12-20-28/h1-24,31-32H. The summed E-state index contributed by atoms with van der Waals surface area (Å²) < 4.78 is 0. The minimum atomic E-state index is -2.13. The minimum absolute atomic E-state index is 0.00602. The lowest BCUT2D eigenvalue weighted by atomic mass is 9.86. The van der Waals surface area contributed by atoms with E-state index in [1.54, 1.807) is 24.3 Å². The van der Waals surface area contributed by atoms with Crippen molar-refractivity contribution in [3.05, 3.63) is 178 Å². The fourth-order valence-corrected chi connectivity index (χ4v) is 5.11. The molecule has 0 aliphatic heterocycles. The number of benzene rings is 5. The van der Waals surface area contributed by atoms with Gasteiger partial charge < -0.3 is 0 Å². The minimum Gasteiger partial charge on any atom is -0.293 e. The quantitative estimate of drug-likeness (QED) is 0.0677. The van der Waals surface area contributed by atoms with Crippen LogP contribution in [0.2, 0.25) is 0 Å². The van der Waals surface area contributed by atoms with Crippen LogP contribution in [0.1, 0.15) is 41.4 Å². The molecule has 2 amide bonds. The third-order valence-corrected chi connectivity index (χ3v) is 7.54. The van der Waals surface area contributed by atoms with Crippen molar-refractivity contribution in [2.45, 2.75) is 0 Å². The van der Waals surface area contributed by atoms with Crippen LogP contribution in [-0.4, -0.2) is 39.9 Å². The van der Waals surface area contributed by atoms with Crippen molar-refractivity contribution in [1.82, 2.24) is 0 Å². The first-order chi connectivity index (χ1) is 23.2. The van der Waals surface area contributed by atoms with E-state index in [0.717, 1.165) is 24.3 Å². The van der Waals surface area contributed by atoms with Gasteiger partial charge in [0.1, 0.15) is 0 Å². The molecule has 0 radical (unpaired) electrons. The number of nitrogens with zero attached hydrogens (tertiary/aromatic N) is 2. The van der Waals surface area contributed by atoms with Crippen molar-refractivity contribution < 1.29 is 33.7 Å². The first-order valence-corrected chi connectivity index (χ1v) is 14.7. The molecule has 5 aromatic rings. The molecule has 0 aliphatic rings. The molecule has 0 atom stereocenters. The van der Waals surface area contributed by atoms with Crippen LogP contribution in [0, 0.1) is 22.0 Å². The Balaban J connectivity index is 1.70. The summed E-state index contributed by atoms with van der Waals surface area (Å²) in [5.41, 5.74) is -0.703. The Morgan fingerprint density at radius 3 is 0.958 bits per heavy atom. The van der Waals surface area contributed by atoms with Gasteiger partial charge in [0.25, 0.3) is 17.5 Å². The van der Waals surface area contributed by atoms with Gasteiger partial charge in [-0.15, -0.1) is 0 Å². The zero-order chi connectivity index (χ0) is 34.2. The summed E-state index contributed by atoms with van der Waals surface area (Å²) in [4.78, 5) is 96.4. The van der Waals surface area contributed by atoms with E-state index in [-0.39, 0.29) is 33.6 Å². The molecule has 48 heavy (non-hydrogen) atoms. The van der Waals surface area contributed by atoms with Gasteiger partial charge in [0.05, 0.1) is 10.6 Å². The predicted molar refractivity (Wildman–Crippen MR) is 176 cm³/mol. The van der Waals surface area contributed by atoms with E-state index in [1.807, 2.05) is 0 Å². The normalized spacial score (nSPS) is 10.7. The van der Waals surface area contributed by atoms with Gasteiger partial charge in [0, 0.05) is 34.4 Å².